The first-order chi connectivity index (χ1) is 10.0. The molecule has 0 atom stereocenters. The van der Waals surface area contributed by atoms with Gasteiger partial charge in [-0.25, -0.2) is 8.42 Å². The molecule has 1 aromatic heterocycles. The number of hydrogen-bond acceptors (Lipinski definition) is 4. The lowest BCUT2D eigenvalue weighted by Gasteiger charge is -2.12. The minimum absolute atomic E-state index is 0.0524. The Balaban J connectivity index is 2.06. The Labute approximate surface area is 126 Å². The summed E-state index contributed by atoms with van der Waals surface area (Å²) >= 11 is 0. The Kier molecular flexibility index (Phi) is 7.84. The number of sulfone groups is 1. The summed E-state index contributed by atoms with van der Waals surface area (Å²) in [6, 6.07) is 3.97. The van der Waals surface area contributed by atoms with Crippen molar-refractivity contribution in [1.82, 2.24) is 15.2 Å². The summed E-state index contributed by atoms with van der Waals surface area (Å²) in [6.45, 7) is 2.86. The van der Waals surface area contributed by atoms with E-state index < -0.39 is 9.84 Å². The minimum Gasteiger partial charge on any atom is -0.379 e. The molecule has 1 rings (SSSR count). The lowest BCUT2D eigenvalue weighted by molar-refractivity contribution is 0.154. The van der Waals surface area contributed by atoms with Crippen LogP contribution in [0.2, 0.25) is 0 Å². The highest BCUT2D eigenvalue weighted by Crippen LogP contribution is 1.88. The molecular formula is C13H24N4O3S. The standard InChI is InChI=1S/C13H24N4O3S/c1-14-13(15-5-9-17-7-3-4-8-17)16-6-10-20-11-12-21(2,18)19/h3-4,7-8H,5-6,9-12H2,1-2H3,(H2,14,15,16). The average Bonchev–Trinajstić information content (AvgIpc) is 2.92. The Morgan fingerprint density at radius 3 is 2.48 bits per heavy atom. The van der Waals surface area contributed by atoms with Crippen LogP contribution in [0.1, 0.15) is 0 Å². The van der Waals surface area contributed by atoms with Crippen molar-refractivity contribution in [2.45, 2.75) is 6.54 Å². The fourth-order valence-electron chi connectivity index (χ4n) is 1.60. The maximum Gasteiger partial charge on any atom is 0.191 e. The molecule has 0 fully saturated rings. The molecule has 1 heterocycles. The predicted molar refractivity (Wildman–Crippen MR) is 84.3 cm³/mol. The summed E-state index contributed by atoms with van der Waals surface area (Å²) < 4.78 is 29.1. The largest absolute Gasteiger partial charge is 0.379 e. The summed E-state index contributed by atoms with van der Waals surface area (Å²) in [5, 5.41) is 6.29. The van der Waals surface area contributed by atoms with E-state index in [0.29, 0.717) is 19.1 Å². The van der Waals surface area contributed by atoms with Gasteiger partial charge in [-0.15, -0.1) is 0 Å². The summed E-state index contributed by atoms with van der Waals surface area (Å²) in [4.78, 5) is 4.10. The Morgan fingerprint density at radius 2 is 1.86 bits per heavy atom. The third-order valence-electron chi connectivity index (χ3n) is 2.69. The molecule has 0 aromatic carbocycles. The van der Waals surface area contributed by atoms with Crippen LogP contribution in [0.15, 0.2) is 29.5 Å². The second-order valence-corrected chi connectivity index (χ2v) is 6.85. The van der Waals surface area contributed by atoms with Gasteiger partial charge in [-0.1, -0.05) is 0 Å². The molecule has 0 saturated heterocycles. The molecule has 0 aliphatic carbocycles. The molecule has 0 unspecified atom stereocenters. The van der Waals surface area contributed by atoms with Crippen molar-refractivity contribution >= 4 is 15.8 Å². The fraction of sp³-hybridized carbons (Fsp3) is 0.615. The molecule has 21 heavy (non-hydrogen) atoms. The number of nitrogens with zero attached hydrogens (tertiary/aromatic N) is 2. The fourth-order valence-corrected chi connectivity index (χ4v) is 2.02. The van der Waals surface area contributed by atoms with Gasteiger partial charge in [0, 0.05) is 45.3 Å². The van der Waals surface area contributed by atoms with E-state index in [0.717, 1.165) is 13.1 Å². The Bertz CT molecular complexity index is 512. The van der Waals surface area contributed by atoms with Gasteiger partial charge in [0.05, 0.1) is 19.0 Å². The number of hydrogen-bond donors (Lipinski definition) is 2. The highest BCUT2D eigenvalue weighted by atomic mass is 32.2. The summed E-state index contributed by atoms with van der Waals surface area (Å²) in [7, 11) is -1.25. The third-order valence-corrected chi connectivity index (χ3v) is 3.60. The molecule has 0 radical (unpaired) electrons. The van der Waals surface area contributed by atoms with E-state index in [4.69, 9.17) is 4.74 Å². The van der Waals surface area contributed by atoms with Crippen molar-refractivity contribution in [3.8, 4) is 0 Å². The lowest BCUT2D eigenvalue weighted by Crippen LogP contribution is -2.40. The molecular weight excluding hydrogens is 292 g/mol. The van der Waals surface area contributed by atoms with E-state index in [-0.39, 0.29) is 12.4 Å². The van der Waals surface area contributed by atoms with Crippen LogP contribution < -0.4 is 10.6 Å². The van der Waals surface area contributed by atoms with Gasteiger partial charge in [-0.2, -0.15) is 0 Å². The zero-order valence-electron chi connectivity index (χ0n) is 12.6. The number of aromatic nitrogens is 1. The topological polar surface area (TPSA) is 84.7 Å². The average molecular weight is 316 g/mol. The van der Waals surface area contributed by atoms with Crippen LogP contribution in [0.3, 0.4) is 0 Å². The first-order valence-electron chi connectivity index (χ1n) is 6.82. The number of aliphatic imine (C=N–C) groups is 1. The maximum atomic E-state index is 10.9. The normalized spacial score (nSPS) is 12.4. The summed E-state index contributed by atoms with van der Waals surface area (Å²) in [5.74, 6) is 0.755. The van der Waals surface area contributed by atoms with Crippen molar-refractivity contribution in [3.05, 3.63) is 24.5 Å². The number of rotatable bonds is 9. The quantitative estimate of drug-likeness (QED) is 0.372. The van der Waals surface area contributed by atoms with Gasteiger partial charge in [0.1, 0.15) is 9.84 Å². The van der Waals surface area contributed by atoms with E-state index in [1.54, 1.807) is 7.05 Å². The zero-order chi connectivity index (χ0) is 15.6. The molecule has 8 heteroatoms. The van der Waals surface area contributed by atoms with Gasteiger partial charge in [-0.05, 0) is 12.1 Å². The van der Waals surface area contributed by atoms with E-state index in [2.05, 4.69) is 20.2 Å². The summed E-state index contributed by atoms with van der Waals surface area (Å²) in [6.07, 6.45) is 5.21. The van der Waals surface area contributed by atoms with Gasteiger partial charge in [0.2, 0.25) is 0 Å². The Hall–Kier alpha value is -1.54. The lowest BCUT2D eigenvalue weighted by atomic mass is 10.6. The molecule has 7 nitrogen and oxygen atoms in total. The SMILES string of the molecule is CN=C(NCCOCCS(C)(=O)=O)NCCn1cccc1. The van der Waals surface area contributed by atoms with Gasteiger partial charge in [-0.3, -0.25) is 4.99 Å². The van der Waals surface area contributed by atoms with Crippen LogP contribution >= 0.6 is 0 Å². The highest BCUT2D eigenvalue weighted by molar-refractivity contribution is 7.90. The first kappa shape index (κ1) is 17.5. The van der Waals surface area contributed by atoms with Crippen LogP contribution in [-0.2, 0) is 21.1 Å². The van der Waals surface area contributed by atoms with Crippen LogP contribution in [0.25, 0.3) is 0 Å². The molecule has 2 N–H and O–H groups in total. The van der Waals surface area contributed by atoms with Crippen molar-refractivity contribution in [2.24, 2.45) is 4.99 Å². The molecule has 0 bridgehead atoms. The van der Waals surface area contributed by atoms with E-state index in [1.165, 1.54) is 6.26 Å². The van der Waals surface area contributed by atoms with Crippen molar-refractivity contribution in [1.29, 1.82) is 0 Å². The highest BCUT2D eigenvalue weighted by Gasteiger charge is 2.01. The van der Waals surface area contributed by atoms with Crippen molar-refractivity contribution in [3.63, 3.8) is 0 Å². The van der Waals surface area contributed by atoms with Crippen LogP contribution in [0, 0.1) is 0 Å². The first-order valence-corrected chi connectivity index (χ1v) is 8.88. The van der Waals surface area contributed by atoms with Crippen molar-refractivity contribution in [2.75, 3.05) is 45.4 Å². The van der Waals surface area contributed by atoms with Crippen LogP contribution in [0.5, 0.6) is 0 Å². The molecule has 0 aliphatic heterocycles. The molecule has 1 aromatic rings. The van der Waals surface area contributed by atoms with Crippen LogP contribution in [-0.4, -0.2) is 64.3 Å². The zero-order valence-corrected chi connectivity index (χ0v) is 13.4. The Morgan fingerprint density at radius 1 is 1.19 bits per heavy atom. The number of guanidine groups is 1. The molecule has 120 valence electrons. The molecule has 0 amide bonds. The van der Waals surface area contributed by atoms with Gasteiger partial charge < -0.3 is 19.9 Å². The van der Waals surface area contributed by atoms with Crippen molar-refractivity contribution < 1.29 is 13.2 Å². The molecule has 0 aliphatic rings. The molecule has 0 spiro atoms. The monoisotopic (exact) mass is 316 g/mol. The minimum atomic E-state index is -2.95. The number of ether oxygens (including phenoxy) is 1. The second kappa shape index (κ2) is 9.41. The van der Waals surface area contributed by atoms with E-state index in [1.807, 2.05) is 24.5 Å². The summed E-state index contributed by atoms with van der Waals surface area (Å²) in [5.41, 5.74) is 0. The predicted octanol–water partition coefficient (Wildman–Crippen LogP) is -0.286. The van der Waals surface area contributed by atoms with E-state index in [9.17, 15) is 8.42 Å². The smallest absolute Gasteiger partial charge is 0.191 e. The number of nitrogens with one attached hydrogen (secondary N) is 2. The third kappa shape index (κ3) is 9.09. The van der Waals surface area contributed by atoms with Crippen LogP contribution in [0.4, 0.5) is 0 Å². The van der Waals surface area contributed by atoms with E-state index >= 15 is 0 Å². The van der Waals surface area contributed by atoms with Gasteiger partial charge >= 0.3 is 0 Å². The molecule has 0 saturated carbocycles. The van der Waals surface area contributed by atoms with Gasteiger partial charge in [0.25, 0.3) is 0 Å². The maximum absolute atomic E-state index is 10.9. The van der Waals surface area contributed by atoms with Gasteiger partial charge in [0.15, 0.2) is 5.96 Å². The second-order valence-electron chi connectivity index (χ2n) is 4.59.